The standard InChI is InChI=1S/C11H17NOS/c1-3-8(7-13)9-4-5-10(12)11(6-9)14-2/h4-6,8,13H,3,7,12H2,1-2H3. The molecule has 2 nitrogen and oxygen atoms in total. The van der Waals surface area contributed by atoms with E-state index in [0.29, 0.717) is 0 Å². The van der Waals surface area contributed by atoms with Crippen LogP contribution in [-0.4, -0.2) is 18.0 Å². The van der Waals surface area contributed by atoms with Crippen molar-refractivity contribution in [3.05, 3.63) is 23.8 Å². The van der Waals surface area contributed by atoms with Gasteiger partial charge in [0.2, 0.25) is 0 Å². The fourth-order valence-electron chi connectivity index (χ4n) is 1.45. The van der Waals surface area contributed by atoms with Crippen molar-refractivity contribution in [2.45, 2.75) is 24.2 Å². The van der Waals surface area contributed by atoms with Crippen LogP contribution >= 0.6 is 11.8 Å². The van der Waals surface area contributed by atoms with Gasteiger partial charge in [0.05, 0.1) is 0 Å². The van der Waals surface area contributed by atoms with Gasteiger partial charge in [0, 0.05) is 23.1 Å². The summed E-state index contributed by atoms with van der Waals surface area (Å²) in [5.74, 6) is 0.237. The number of rotatable bonds is 4. The normalized spacial score (nSPS) is 12.8. The average molecular weight is 211 g/mol. The van der Waals surface area contributed by atoms with Gasteiger partial charge in [0.25, 0.3) is 0 Å². The number of aliphatic hydroxyl groups is 1. The van der Waals surface area contributed by atoms with Crippen LogP contribution in [0.15, 0.2) is 23.1 Å². The molecule has 1 aromatic carbocycles. The van der Waals surface area contributed by atoms with E-state index in [0.717, 1.165) is 17.0 Å². The van der Waals surface area contributed by atoms with E-state index in [1.807, 2.05) is 18.4 Å². The fraction of sp³-hybridized carbons (Fsp3) is 0.455. The third-order valence-electron chi connectivity index (χ3n) is 2.44. The smallest absolute Gasteiger partial charge is 0.0499 e. The highest BCUT2D eigenvalue weighted by Gasteiger charge is 2.09. The molecule has 0 aromatic heterocycles. The fourth-order valence-corrected chi connectivity index (χ4v) is 2.01. The molecular weight excluding hydrogens is 194 g/mol. The topological polar surface area (TPSA) is 46.2 Å². The number of aliphatic hydroxyl groups excluding tert-OH is 1. The highest BCUT2D eigenvalue weighted by molar-refractivity contribution is 7.98. The van der Waals surface area contributed by atoms with E-state index in [-0.39, 0.29) is 12.5 Å². The van der Waals surface area contributed by atoms with Crippen LogP contribution in [0.1, 0.15) is 24.8 Å². The summed E-state index contributed by atoms with van der Waals surface area (Å²) in [7, 11) is 0. The summed E-state index contributed by atoms with van der Waals surface area (Å²) in [6, 6.07) is 5.99. The minimum atomic E-state index is 0.203. The first-order valence-corrected chi connectivity index (χ1v) is 5.99. The summed E-state index contributed by atoms with van der Waals surface area (Å²) in [5.41, 5.74) is 7.79. The number of nitrogen functional groups attached to an aromatic ring is 1. The number of anilines is 1. The molecule has 1 aromatic rings. The molecule has 0 heterocycles. The van der Waals surface area contributed by atoms with E-state index in [1.54, 1.807) is 11.8 Å². The maximum absolute atomic E-state index is 9.17. The van der Waals surface area contributed by atoms with Crippen LogP contribution in [0.5, 0.6) is 0 Å². The Kier molecular flexibility index (Phi) is 4.29. The average Bonchev–Trinajstić information content (AvgIpc) is 2.22. The first-order valence-electron chi connectivity index (χ1n) is 4.77. The lowest BCUT2D eigenvalue weighted by atomic mass is 9.97. The predicted molar refractivity (Wildman–Crippen MR) is 62.8 cm³/mol. The number of nitrogens with two attached hydrogens (primary N) is 1. The van der Waals surface area contributed by atoms with E-state index in [4.69, 9.17) is 5.73 Å². The Balaban J connectivity index is 2.98. The molecule has 0 aliphatic rings. The number of hydrogen-bond donors (Lipinski definition) is 2. The van der Waals surface area contributed by atoms with E-state index in [2.05, 4.69) is 13.0 Å². The van der Waals surface area contributed by atoms with Gasteiger partial charge < -0.3 is 10.8 Å². The van der Waals surface area contributed by atoms with Gasteiger partial charge in [0.15, 0.2) is 0 Å². The van der Waals surface area contributed by atoms with Gasteiger partial charge in [-0.3, -0.25) is 0 Å². The monoisotopic (exact) mass is 211 g/mol. The maximum Gasteiger partial charge on any atom is 0.0499 e. The van der Waals surface area contributed by atoms with Gasteiger partial charge in [0.1, 0.15) is 0 Å². The van der Waals surface area contributed by atoms with Gasteiger partial charge in [-0.2, -0.15) is 0 Å². The molecule has 0 radical (unpaired) electrons. The number of benzene rings is 1. The van der Waals surface area contributed by atoms with E-state index in [9.17, 15) is 5.11 Å². The van der Waals surface area contributed by atoms with E-state index < -0.39 is 0 Å². The summed E-state index contributed by atoms with van der Waals surface area (Å²) in [5, 5.41) is 9.17. The second kappa shape index (κ2) is 5.27. The predicted octanol–water partition coefficient (Wildman–Crippen LogP) is 2.48. The molecule has 0 spiro atoms. The molecule has 1 atom stereocenters. The lowest BCUT2D eigenvalue weighted by Crippen LogP contribution is -2.03. The summed E-state index contributed by atoms with van der Waals surface area (Å²) in [4.78, 5) is 1.09. The zero-order valence-corrected chi connectivity index (χ0v) is 9.47. The molecule has 1 unspecified atom stereocenters. The van der Waals surface area contributed by atoms with E-state index >= 15 is 0 Å². The minimum absolute atomic E-state index is 0.203. The molecular formula is C11H17NOS. The Morgan fingerprint density at radius 3 is 2.71 bits per heavy atom. The summed E-state index contributed by atoms with van der Waals surface area (Å²) in [6.07, 6.45) is 2.96. The van der Waals surface area contributed by atoms with Crippen LogP contribution < -0.4 is 5.73 Å². The summed E-state index contributed by atoms with van der Waals surface area (Å²) >= 11 is 1.64. The highest BCUT2D eigenvalue weighted by atomic mass is 32.2. The van der Waals surface area contributed by atoms with Crippen molar-refractivity contribution < 1.29 is 5.11 Å². The van der Waals surface area contributed by atoms with Crippen molar-refractivity contribution in [1.29, 1.82) is 0 Å². The molecule has 0 fully saturated rings. The first-order chi connectivity index (χ1) is 6.72. The number of thioether (sulfide) groups is 1. The second-order valence-electron chi connectivity index (χ2n) is 3.29. The molecule has 3 heteroatoms. The lowest BCUT2D eigenvalue weighted by molar-refractivity contribution is 0.262. The van der Waals surface area contributed by atoms with Gasteiger partial charge in [-0.15, -0.1) is 11.8 Å². The zero-order valence-electron chi connectivity index (χ0n) is 8.66. The Bertz CT molecular complexity index is 297. The molecule has 0 aliphatic heterocycles. The molecule has 3 N–H and O–H groups in total. The second-order valence-corrected chi connectivity index (χ2v) is 4.14. The molecule has 14 heavy (non-hydrogen) atoms. The van der Waals surface area contributed by atoms with Crippen molar-refractivity contribution in [3.63, 3.8) is 0 Å². The Hall–Kier alpha value is -0.670. The molecule has 0 saturated heterocycles. The van der Waals surface area contributed by atoms with E-state index in [1.165, 1.54) is 5.56 Å². The Morgan fingerprint density at radius 2 is 2.21 bits per heavy atom. The molecule has 0 bridgehead atoms. The third-order valence-corrected chi connectivity index (χ3v) is 3.24. The Morgan fingerprint density at radius 1 is 1.50 bits per heavy atom. The van der Waals surface area contributed by atoms with Crippen LogP contribution in [0.25, 0.3) is 0 Å². The van der Waals surface area contributed by atoms with Crippen LogP contribution in [0.4, 0.5) is 5.69 Å². The van der Waals surface area contributed by atoms with Gasteiger partial charge in [-0.05, 0) is 30.4 Å². The number of hydrogen-bond acceptors (Lipinski definition) is 3. The van der Waals surface area contributed by atoms with Crippen LogP contribution in [-0.2, 0) is 0 Å². The molecule has 0 saturated carbocycles. The van der Waals surface area contributed by atoms with Gasteiger partial charge in [-0.1, -0.05) is 13.0 Å². The molecule has 78 valence electrons. The first kappa shape index (κ1) is 11.4. The third kappa shape index (κ3) is 2.42. The largest absolute Gasteiger partial charge is 0.398 e. The van der Waals surface area contributed by atoms with Crippen molar-refractivity contribution in [2.24, 2.45) is 0 Å². The minimum Gasteiger partial charge on any atom is -0.398 e. The van der Waals surface area contributed by atoms with Crippen LogP contribution in [0, 0.1) is 0 Å². The SMILES string of the molecule is CCC(CO)c1ccc(N)c(SC)c1. The lowest BCUT2D eigenvalue weighted by Gasteiger charge is -2.13. The highest BCUT2D eigenvalue weighted by Crippen LogP contribution is 2.28. The van der Waals surface area contributed by atoms with Gasteiger partial charge >= 0.3 is 0 Å². The van der Waals surface area contributed by atoms with Gasteiger partial charge in [-0.25, -0.2) is 0 Å². The summed E-state index contributed by atoms with van der Waals surface area (Å²) in [6.45, 7) is 2.28. The quantitative estimate of drug-likeness (QED) is 0.594. The van der Waals surface area contributed by atoms with Crippen molar-refractivity contribution in [2.75, 3.05) is 18.6 Å². The molecule has 0 aliphatic carbocycles. The van der Waals surface area contributed by atoms with Crippen molar-refractivity contribution >= 4 is 17.4 Å². The Labute approximate surface area is 89.5 Å². The van der Waals surface area contributed by atoms with Crippen molar-refractivity contribution in [3.8, 4) is 0 Å². The summed E-state index contributed by atoms with van der Waals surface area (Å²) < 4.78 is 0. The van der Waals surface area contributed by atoms with Crippen molar-refractivity contribution in [1.82, 2.24) is 0 Å². The molecule has 1 rings (SSSR count). The van der Waals surface area contributed by atoms with Crippen LogP contribution in [0.3, 0.4) is 0 Å². The zero-order chi connectivity index (χ0) is 10.6. The maximum atomic E-state index is 9.17. The van der Waals surface area contributed by atoms with Crippen LogP contribution in [0.2, 0.25) is 0 Å². The molecule has 0 amide bonds.